The van der Waals surface area contributed by atoms with Gasteiger partial charge in [-0.3, -0.25) is 4.79 Å². The van der Waals surface area contributed by atoms with Crippen LogP contribution in [0, 0.1) is 11.8 Å². The van der Waals surface area contributed by atoms with Gasteiger partial charge in [-0.1, -0.05) is 0 Å². The van der Waals surface area contributed by atoms with Gasteiger partial charge < -0.3 is 54.3 Å². The van der Waals surface area contributed by atoms with E-state index in [1.54, 1.807) is 0 Å². The van der Waals surface area contributed by atoms with Gasteiger partial charge in [0.1, 0.15) is 36.6 Å². The lowest BCUT2D eigenvalue weighted by molar-refractivity contribution is -0.345. The van der Waals surface area contributed by atoms with Crippen molar-refractivity contribution in [3.05, 3.63) is 11.8 Å². The second-order valence-electron chi connectivity index (χ2n) is 8.99. The molecular weight excluding hydrogens is 476 g/mol. The molecule has 14 heteroatoms. The van der Waals surface area contributed by atoms with Crippen LogP contribution in [0.25, 0.3) is 0 Å². The van der Waals surface area contributed by atoms with Gasteiger partial charge >= 0.3 is 17.9 Å². The Balaban J connectivity index is 1.97. The standard InChI is InChI=1S/C21H30O14/c1-7-13-9(4-12(23)33-8(2)21(3,30)20(29)32-7)10(17(27)28)6-31-18(13)35-19-16(26)15(25)14(24)11(5-22)34-19/h6-9,11,13-16,18-19,22,24-26,30H,4-5H2,1-3H3,(H,27,28)/t7-,8-,9+,11+,13+,14+,15-,16+,18-,19-,21-/m0/s1. The summed E-state index contributed by atoms with van der Waals surface area (Å²) in [6.07, 6.45) is -11.8. The van der Waals surface area contributed by atoms with Crippen molar-refractivity contribution >= 4 is 17.9 Å². The SMILES string of the molecule is C[C@@H]1OC(=O)[C@@](C)(O)[C@H](C)OC(=O)C[C@@H]2C(C(=O)O)=CO[C@@H](O[C@@H]3O[C@H](CO)[C@@H](O)[C@H](O)[C@H]3O)[C@H]12. The smallest absolute Gasteiger partial charge is 0.342 e. The number of ether oxygens (including phenoxy) is 5. The molecule has 3 heterocycles. The highest BCUT2D eigenvalue weighted by Gasteiger charge is 2.52. The quantitative estimate of drug-likeness (QED) is 0.215. The number of hydrogen-bond donors (Lipinski definition) is 6. The summed E-state index contributed by atoms with van der Waals surface area (Å²) in [5.41, 5.74) is -2.56. The molecule has 3 aliphatic rings. The summed E-state index contributed by atoms with van der Waals surface area (Å²) >= 11 is 0. The van der Waals surface area contributed by atoms with Crippen LogP contribution in [0.1, 0.15) is 27.2 Å². The van der Waals surface area contributed by atoms with E-state index >= 15 is 0 Å². The van der Waals surface area contributed by atoms with Crippen molar-refractivity contribution in [2.24, 2.45) is 11.8 Å². The molecule has 0 unspecified atom stereocenters. The Labute approximate surface area is 199 Å². The van der Waals surface area contributed by atoms with Gasteiger partial charge in [0, 0.05) is 5.92 Å². The first-order valence-electron chi connectivity index (χ1n) is 11.0. The zero-order chi connectivity index (χ0) is 26.2. The van der Waals surface area contributed by atoms with Crippen molar-refractivity contribution in [3.8, 4) is 0 Å². The summed E-state index contributed by atoms with van der Waals surface area (Å²) in [7, 11) is 0. The van der Waals surface area contributed by atoms with E-state index < -0.39 is 97.6 Å². The topological polar surface area (TPSA) is 219 Å². The van der Waals surface area contributed by atoms with Crippen molar-refractivity contribution < 1.29 is 68.7 Å². The number of aliphatic carboxylic acids is 1. The largest absolute Gasteiger partial charge is 0.478 e. The summed E-state index contributed by atoms with van der Waals surface area (Å²) in [5, 5.41) is 59.9. The molecule has 0 amide bonds. The molecule has 11 atom stereocenters. The Bertz CT molecular complexity index is 853. The van der Waals surface area contributed by atoms with E-state index in [0.29, 0.717) is 0 Å². The van der Waals surface area contributed by atoms with Crippen LogP contribution >= 0.6 is 0 Å². The molecule has 0 saturated carbocycles. The predicted octanol–water partition coefficient (Wildman–Crippen LogP) is -2.62. The number of carbonyl (C=O) groups is 3. The fourth-order valence-electron chi connectivity index (χ4n) is 4.23. The Kier molecular flexibility index (Phi) is 8.06. The molecule has 0 aromatic rings. The Morgan fingerprint density at radius 3 is 2.37 bits per heavy atom. The molecule has 198 valence electrons. The van der Waals surface area contributed by atoms with Crippen molar-refractivity contribution in [2.75, 3.05) is 6.61 Å². The monoisotopic (exact) mass is 506 g/mol. The maximum absolute atomic E-state index is 12.7. The number of carboxylic acid groups (broad SMARTS) is 1. The minimum Gasteiger partial charge on any atom is -0.478 e. The first-order valence-corrected chi connectivity index (χ1v) is 11.0. The second kappa shape index (κ2) is 10.3. The summed E-state index contributed by atoms with van der Waals surface area (Å²) in [5.74, 6) is -5.84. The van der Waals surface area contributed by atoms with Crippen LogP contribution in [0.5, 0.6) is 0 Å². The minimum absolute atomic E-state index is 0.344. The fraction of sp³-hybridized carbons (Fsp3) is 0.762. The van der Waals surface area contributed by atoms with Gasteiger partial charge in [-0.05, 0) is 20.8 Å². The molecule has 0 bridgehead atoms. The van der Waals surface area contributed by atoms with Crippen LogP contribution in [0.4, 0.5) is 0 Å². The number of cyclic esters (lactones) is 2. The molecule has 14 nitrogen and oxygen atoms in total. The van der Waals surface area contributed by atoms with Gasteiger partial charge in [-0.15, -0.1) is 0 Å². The van der Waals surface area contributed by atoms with Gasteiger partial charge in [-0.25, -0.2) is 9.59 Å². The van der Waals surface area contributed by atoms with Crippen LogP contribution in [0.2, 0.25) is 0 Å². The maximum Gasteiger partial charge on any atom is 0.342 e. The van der Waals surface area contributed by atoms with Gasteiger partial charge in [0.25, 0.3) is 0 Å². The van der Waals surface area contributed by atoms with Crippen molar-refractivity contribution in [1.82, 2.24) is 0 Å². The first-order chi connectivity index (χ1) is 16.3. The Hall–Kier alpha value is -2.33. The number of aliphatic hydroxyl groups is 5. The van der Waals surface area contributed by atoms with E-state index in [4.69, 9.17) is 23.7 Å². The highest BCUT2D eigenvalue weighted by atomic mass is 16.8. The van der Waals surface area contributed by atoms with Gasteiger partial charge in [0.05, 0.1) is 30.8 Å². The maximum atomic E-state index is 12.7. The Morgan fingerprint density at radius 1 is 1.11 bits per heavy atom. The van der Waals surface area contributed by atoms with Gasteiger partial charge in [0.2, 0.25) is 6.29 Å². The lowest BCUT2D eigenvalue weighted by Crippen LogP contribution is -2.61. The third-order valence-electron chi connectivity index (χ3n) is 6.61. The van der Waals surface area contributed by atoms with Crippen LogP contribution in [-0.4, -0.2) is 110 Å². The average molecular weight is 506 g/mol. The molecule has 2 saturated heterocycles. The number of hydrogen-bond acceptors (Lipinski definition) is 13. The zero-order valence-electron chi connectivity index (χ0n) is 19.2. The summed E-state index contributed by atoms with van der Waals surface area (Å²) < 4.78 is 26.9. The van der Waals surface area contributed by atoms with Crippen LogP contribution in [0.15, 0.2) is 11.8 Å². The third kappa shape index (κ3) is 5.28. The van der Waals surface area contributed by atoms with Crippen molar-refractivity contribution in [2.45, 2.75) is 82.0 Å². The molecule has 0 aromatic heterocycles. The number of esters is 2. The Morgan fingerprint density at radius 2 is 1.77 bits per heavy atom. The van der Waals surface area contributed by atoms with E-state index in [9.17, 15) is 45.0 Å². The van der Waals surface area contributed by atoms with Crippen LogP contribution in [-0.2, 0) is 38.1 Å². The molecular formula is C21H30O14. The van der Waals surface area contributed by atoms with E-state index in [2.05, 4.69) is 0 Å². The van der Waals surface area contributed by atoms with E-state index in [0.717, 1.165) is 13.2 Å². The lowest BCUT2D eigenvalue weighted by Gasteiger charge is -2.45. The van der Waals surface area contributed by atoms with Gasteiger partial charge in [-0.2, -0.15) is 0 Å². The number of carboxylic acids is 1. The normalized spacial score (nSPS) is 44.7. The van der Waals surface area contributed by atoms with Crippen molar-refractivity contribution in [3.63, 3.8) is 0 Å². The third-order valence-corrected chi connectivity index (χ3v) is 6.61. The predicted molar refractivity (Wildman–Crippen MR) is 109 cm³/mol. The van der Waals surface area contributed by atoms with E-state index in [-0.39, 0.29) is 5.57 Å². The molecule has 0 radical (unpaired) electrons. The summed E-state index contributed by atoms with van der Waals surface area (Å²) in [6.45, 7) is 3.03. The highest BCUT2D eigenvalue weighted by molar-refractivity contribution is 5.88. The van der Waals surface area contributed by atoms with E-state index in [1.165, 1.54) is 13.8 Å². The molecule has 3 rings (SSSR count). The van der Waals surface area contributed by atoms with Crippen LogP contribution in [0.3, 0.4) is 0 Å². The molecule has 35 heavy (non-hydrogen) atoms. The zero-order valence-corrected chi connectivity index (χ0v) is 19.2. The highest BCUT2D eigenvalue weighted by Crippen LogP contribution is 2.40. The second-order valence-corrected chi connectivity index (χ2v) is 8.99. The first kappa shape index (κ1) is 27.3. The molecule has 3 aliphatic heterocycles. The minimum atomic E-state index is -2.22. The summed E-state index contributed by atoms with van der Waals surface area (Å²) in [6, 6.07) is 0. The number of carbonyl (C=O) groups excluding carboxylic acids is 2. The number of aliphatic hydroxyl groups excluding tert-OH is 4. The molecule has 0 aliphatic carbocycles. The number of rotatable bonds is 4. The van der Waals surface area contributed by atoms with Gasteiger partial charge in [0.15, 0.2) is 11.9 Å². The van der Waals surface area contributed by atoms with E-state index in [1.807, 2.05) is 0 Å². The lowest BCUT2D eigenvalue weighted by atomic mass is 9.78. The molecule has 0 aromatic carbocycles. The molecule has 0 spiro atoms. The summed E-state index contributed by atoms with van der Waals surface area (Å²) in [4.78, 5) is 37.1. The average Bonchev–Trinajstić information content (AvgIpc) is 2.78. The fourth-order valence-corrected chi connectivity index (χ4v) is 4.23. The molecule has 6 N–H and O–H groups in total. The molecule has 2 fully saturated rings. The van der Waals surface area contributed by atoms with Crippen LogP contribution < -0.4 is 0 Å². The number of fused-ring (bicyclic) bond motifs is 1. The van der Waals surface area contributed by atoms with Crippen molar-refractivity contribution in [1.29, 1.82) is 0 Å².